The number of nitrogens with zero attached hydrogens (tertiary/aromatic N) is 3. The van der Waals surface area contributed by atoms with Crippen molar-refractivity contribution in [3.63, 3.8) is 0 Å². The molecular weight excluding hydrogens is 446 g/mol. The molecule has 0 N–H and O–H groups in total. The molecule has 5 nitrogen and oxygen atoms in total. The fraction of sp³-hybridized carbons (Fsp3) is 0.323. The van der Waals surface area contributed by atoms with Crippen molar-refractivity contribution in [3.8, 4) is 5.69 Å². The molecule has 3 aromatic carbocycles. The molecule has 36 heavy (non-hydrogen) atoms. The highest BCUT2D eigenvalue weighted by Crippen LogP contribution is 2.35. The molecule has 1 aliphatic carbocycles. The lowest BCUT2D eigenvalue weighted by molar-refractivity contribution is -0.135. The Bertz CT molecular complexity index is 1450. The van der Waals surface area contributed by atoms with Crippen molar-refractivity contribution in [2.75, 3.05) is 6.54 Å². The molecule has 1 saturated carbocycles. The number of hydrogen-bond acceptors (Lipinski definition) is 3. The van der Waals surface area contributed by atoms with Crippen LogP contribution in [0.4, 0.5) is 0 Å². The van der Waals surface area contributed by atoms with Gasteiger partial charge in [0.1, 0.15) is 5.82 Å². The van der Waals surface area contributed by atoms with Crippen LogP contribution in [0.2, 0.25) is 0 Å². The van der Waals surface area contributed by atoms with Gasteiger partial charge in [0, 0.05) is 12.5 Å². The van der Waals surface area contributed by atoms with Gasteiger partial charge in [0.25, 0.3) is 5.56 Å². The minimum Gasteiger partial charge on any atom is -0.332 e. The molecule has 1 unspecified atom stereocenters. The molecule has 5 rings (SSSR count). The van der Waals surface area contributed by atoms with E-state index < -0.39 is 0 Å². The molecule has 0 spiro atoms. The van der Waals surface area contributed by atoms with Crippen LogP contribution in [0, 0.1) is 19.8 Å². The number of benzene rings is 3. The predicted molar refractivity (Wildman–Crippen MR) is 144 cm³/mol. The van der Waals surface area contributed by atoms with Gasteiger partial charge >= 0.3 is 0 Å². The first-order valence-electron chi connectivity index (χ1n) is 12.9. The molecule has 1 heterocycles. The fourth-order valence-corrected chi connectivity index (χ4v) is 4.91. The Kier molecular flexibility index (Phi) is 6.73. The Morgan fingerprint density at radius 2 is 1.72 bits per heavy atom. The maximum absolute atomic E-state index is 13.9. The van der Waals surface area contributed by atoms with E-state index in [0.717, 1.165) is 30.5 Å². The summed E-state index contributed by atoms with van der Waals surface area (Å²) in [6.07, 6.45) is 3.30. The summed E-state index contributed by atoms with van der Waals surface area (Å²) in [5, 5.41) is 0.582. The summed E-state index contributed by atoms with van der Waals surface area (Å²) in [7, 11) is 0. The maximum atomic E-state index is 13.9. The molecule has 1 atom stereocenters. The molecule has 1 aliphatic rings. The van der Waals surface area contributed by atoms with Crippen molar-refractivity contribution < 1.29 is 4.79 Å². The van der Waals surface area contributed by atoms with Crippen molar-refractivity contribution in [2.24, 2.45) is 5.92 Å². The van der Waals surface area contributed by atoms with E-state index in [9.17, 15) is 9.59 Å². The van der Waals surface area contributed by atoms with Gasteiger partial charge in [0.15, 0.2) is 0 Å². The molecule has 4 aromatic rings. The van der Waals surface area contributed by atoms with Crippen LogP contribution in [0.5, 0.6) is 0 Å². The van der Waals surface area contributed by atoms with Gasteiger partial charge in [0.2, 0.25) is 5.91 Å². The van der Waals surface area contributed by atoms with Crippen molar-refractivity contribution in [1.29, 1.82) is 0 Å². The largest absolute Gasteiger partial charge is 0.332 e. The molecule has 184 valence electrons. The van der Waals surface area contributed by atoms with Crippen molar-refractivity contribution in [3.05, 3.63) is 106 Å². The van der Waals surface area contributed by atoms with Gasteiger partial charge in [-0.2, -0.15) is 0 Å². The van der Waals surface area contributed by atoms with Crippen LogP contribution in [-0.4, -0.2) is 26.9 Å². The van der Waals surface area contributed by atoms with Crippen LogP contribution < -0.4 is 5.56 Å². The molecule has 0 aliphatic heterocycles. The predicted octanol–water partition coefficient (Wildman–Crippen LogP) is 5.93. The number of para-hydroxylation sites is 1. The molecule has 1 fully saturated rings. The van der Waals surface area contributed by atoms with Gasteiger partial charge in [-0.05, 0) is 80.5 Å². The first-order chi connectivity index (χ1) is 17.5. The quantitative estimate of drug-likeness (QED) is 0.314. The monoisotopic (exact) mass is 479 g/mol. The van der Waals surface area contributed by atoms with Crippen molar-refractivity contribution in [2.45, 2.75) is 52.5 Å². The zero-order valence-electron chi connectivity index (χ0n) is 21.3. The molecule has 5 heteroatoms. The normalized spacial score (nSPS) is 14.1. The van der Waals surface area contributed by atoms with Crippen LogP contribution in [0.3, 0.4) is 0 Å². The van der Waals surface area contributed by atoms with E-state index in [4.69, 9.17) is 4.98 Å². The molecule has 0 radical (unpaired) electrons. The second-order valence-electron chi connectivity index (χ2n) is 9.86. The van der Waals surface area contributed by atoms with Crippen LogP contribution in [0.1, 0.15) is 54.7 Å². The lowest BCUT2D eigenvalue weighted by Gasteiger charge is -2.33. The average molecular weight is 480 g/mol. The highest BCUT2D eigenvalue weighted by Gasteiger charge is 2.37. The number of hydrogen-bond donors (Lipinski definition) is 0. The Labute approximate surface area is 212 Å². The van der Waals surface area contributed by atoms with Crippen LogP contribution in [0.25, 0.3) is 16.6 Å². The summed E-state index contributed by atoms with van der Waals surface area (Å²) in [4.78, 5) is 34.5. The Hall–Kier alpha value is -3.73. The third-order valence-corrected chi connectivity index (χ3v) is 7.31. The summed E-state index contributed by atoms with van der Waals surface area (Å²) in [6, 6.07) is 23.5. The van der Waals surface area contributed by atoms with Gasteiger partial charge in [-0.15, -0.1) is 0 Å². The van der Waals surface area contributed by atoms with Gasteiger partial charge in [-0.3, -0.25) is 14.2 Å². The second-order valence-corrected chi connectivity index (χ2v) is 9.86. The van der Waals surface area contributed by atoms with Gasteiger partial charge < -0.3 is 4.90 Å². The van der Waals surface area contributed by atoms with E-state index in [2.05, 4.69) is 32.9 Å². The lowest BCUT2D eigenvalue weighted by Crippen LogP contribution is -2.40. The SMILES string of the molecule is CCC(c1nc2ccccc2c(=O)n1-c1ccc(C)c(C)c1)N(CCc1ccccc1)C(=O)C1CC1. The van der Waals surface area contributed by atoms with Gasteiger partial charge in [-0.1, -0.05) is 55.5 Å². The first kappa shape index (κ1) is 24.0. The molecule has 1 amide bonds. The summed E-state index contributed by atoms with van der Waals surface area (Å²) < 4.78 is 1.73. The standard InChI is InChI=1S/C31H33N3O2/c1-4-28(33(30(35)24-15-16-24)19-18-23-10-6-5-7-11-23)29-32-27-13-9-8-12-26(27)31(36)34(29)25-17-14-21(2)22(3)20-25/h5-14,17,20,24,28H,4,15-16,18-19H2,1-3H3. The fourth-order valence-electron chi connectivity index (χ4n) is 4.91. The maximum Gasteiger partial charge on any atom is 0.266 e. The van der Waals surface area contributed by atoms with Gasteiger partial charge in [0.05, 0.1) is 22.6 Å². The Balaban J connectivity index is 1.66. The second kappa shape index (κ2) is 10.1. The molecule has 0 saturated heterocycles. The number of amides is 1. The van der Waals surface area contributed by atoms with Crippen molar-refractivity contribution in [1.82, 2.24) is 14.5 Å². The minimum atomic E-state index is -0.305. The molecular formula is C31H33N3O2. The number of aromatic nitrogens is 2. The Morgan fingerprint density at radius 1 is 1.00 bits per heavy atom. The molecule has 1 aromatic heterocycles. The molecule has 0 bridgehead atoms. The van der Waals surface area contributed by atoms with E-state index >= 15 is 0 Å². The van der Waals surface area contributed by atoms with E-state index in [1.165, 1.54) is 11.1 Å². The van der Waals surface area contributed by atoms with E-state index in [0.29, 0.717) is 29.7 Å². The summed E-state index contributed by atoms with van der Waals surface area (Å²) in [5.41, 5.74) is 4.83. The summed E-state index contributed by atoms with van der Waals surface area (Å²) in [6.45, 7) is 6.79. The number of carbonyl (C=O) groups is 1. The van der Waals surface area contributed by atoms with Crippen LogP contribution in [0.15, 0.2) is 77.6 Å². The minimum absolute atomic E-state index is 0.0806. The smallest absolute Gasteiger partial charge is 0.266 e. The summed E-state index contributed by atoms with van der Waals surface area (Å²) in [5.74, 6) is 0.885. The zero-order valence-corrected chi connectivity index (χ0v) is 21.3. The van der Waals surface area contributed by atoms with E-state index in [-0.39, 0.29) is 23.4 Å². The highest BCUT2D eigenvalue weighted by atomic mass is 16.2. The first-order valence-corrected chi connectivity index (χ1v) is 12.9. The van der Waals surface area contributed by atoms with Crippen LogP contribution in [-0.2, 0) is 11.2 Å². The number of fused-ring (bicyclic) bond motifs is 1. The average Bonchev–Trinajstić information content (AvgIpc) is 3.74. The van der Waals surface area contributed by atoms with E-state index in [1.54, 1.807) is 4.57 Å². The number of carbonyl (C=O) groups excluding carboxylic acids is 1. The topological polar surface area (TPSA) is 55.2 Å². The van der Waals surface area contributed by atoms with E-state index in [1.807, 2.05) is 65.6 Å². The third kappa shape index (κ3) is 4.70. The van der Waals surface area contributed by atoms with Crippen molar-refractivity contribution >= 4 is 16.8 Å². The lowest BCUT2D eigenvalue weighted by atomic mass is 10.1. The zero-order chi connectivity index (χ0) is 25.2. The third-order valence-electron chi connectivity index (χ3n) is 7.31. The summed E-state index contributed by atoms with van der Waals surface area (Å²) >= 11 is 0. The van der Waals surface area contributed by atoms with Crippen LogP contribution >= 0.6 is 0 Å². The van der Waals surface area contributed by atoms with Gasteiger partial charge in [-0.25, -0.2) is 4.98 Å². The number of rotatable bonds is 8. The highest BCUT2D eigenvalue weighted by molar-refractivity contribution is 5.82. The number of aryl methyl sites for hydroxylation is 2. The Morgan fingerprint density at radius 3 is 2.42 bits per heavy atom.